The summed E-state index contributed by atoms with van der Waals surface area (Å²) in [5.74, 6) is -0.161. The van der Waals surface area contributed by atoms with E-state index in [1.165, 1.54) is 12.8 Å². The highest BCUT2D eigenvalue weighted by molar-refractivity contribution is 5.54. The Kier molecular flexibility index (Phi) is 4.77. The van der Waals surface area contributed by atoms with E-state index >= 15 is 0 Å². The number of piperidine rings is 1. The molecule has 1 fully saturated rings. The summed E-state index contributed by atoms with van der Waals surface area (Å²) in [5.41, 5.74) is 2.18. The van der Waals surface area contributed by atoms with Crippen molar-refractivity contribution in [3.8, 4) is 0 Å². The van der Waals surface area contributed by atoms with Crippen LogP contribution in [0.5, 0.6) is 0 Å². The van der Waals surface area contributed by atoms with E-state index in [9.17, 15) is 4.39 Å². The summed E-state index contributed by atoms with van der Waals surface area (Å²) < 4.78 is 13.4. The second kappa shape index (κ2) is 6.35. The van der Waals surface area contributed by atoms with Gasteiger partial charge in [-0.05, 0) is 63.8 Å². The van der Waals surface area contributed by atoms with E-state index in [-0.39, 0.29) is 5.82 Å². The van der Waals surface area contributed by atoms with Crippen LogP contribution in [-0.2, 0) is 6.54 Å². The van der Waals surface area contributed by atoms with Crippen LogP contribution in [0.25, 0.3) is 0 Å². The normalized spacial score (nSPS) is 17.7. The fourth-order valence-electron chi connectivity index (χ4n) is 2.81. The third kappa shape index (κ3) is 3.45. The number of nitrogens with zero attached hydrogens (tertiary/aromatic N) is 2. The van der Waals surface area contributed by atoms with Crippen molar-refractivity contribution in [3.05, 3.63) is 29.6 Å². The molecule has 0 aliphatic carbocycles. The average molecular weight is 265 g/mol. The first kappa shape index (κ1) is 14.3. The third-order valence-corrected chi connectivity index (χ3v) is 4.02. The molecule has 2 rings (SSSR count). The number of hydrogen-bond acceptors (Lipinski definition) is 3. The summed E-state index contributed by atoms with van der Waals surface area (Å²) in [6.07, 6.45) is 2.34. The van der Waals surface area contributed by atoms with Crippen LogP contribution >= 0.6 is 0 Å². The van der Waals surface area contributed by atoms with Crippen LogP contribution in [0.3, 0.4) is 0 Å². The van der Waals surface area contributed by atoms with Crippen LogP contribution in [0, 0.1) is 5.82 Å². The van der Waals surface area contributed by atoms with Gasteiger partial charge in [0.25, 0.3) is 0 Å². The monoisotopic (exact) mass is 265 g/mol. The molecule has 0 unspecified atom stereocenters. The average Bonchev–Trinajstić information content (AvgIpc) is 2.39. The van der Waals surface area contributed by atoms with Gasteiger partial charge in [0.1, 0.15) is 5.82 Å². The van der Waals surface area contributed by atoms with Crippen LogP contribution in [0.4, 0.5) is 10.1 Å². The van der Waals surface area contributed by atoms with Crippen molar-refractivity contribution in [2.24, 2.45) is 0 Å². The van der Waals surface area contributed by atoms with E-state index in [2.05, 4.69) is 29.2 Å². The Morgan fingerprint density at radius 2 is 2.05 bits per heavy atom. The summed E-state index contributed by atoms with van der Waals surface area (Å²) >= 11 is 0. The lowest BCUT2D eigenvalue weighted by molar-refractivity contribution is 0.252. The van der Waals surface area contributed by atoms with Gasteiger partial charge in [0, 0.05) is 25.3 Å². The zero-order chi connectivity index (χ0) is 13.8. The van der Waals surface area contributed by atoms with Gasteiger partial charge in [0.15, 0.2) is 0 Å². The highest BCUT2D eigenvalue weighted by Gasteiger charge is 2.22. The number of hydrogen-bond donors (Lipinski definition) is 1. The Bertz CT molecular complexity index is 414. The highest BCUT2D eigenvalue weighted by atomic mass is 19.1. The number of rotatable bonds is 4. The van der Waals surface area contributed by atoms with Gasteiger partial charge in [-0.3, -0.25) is 0 Å². The Balaban J connectivity index is 2.15. The van der Waals surface area contributed by atoms with Gasteiger partial charge < -0.3 is 15.1 Å². The Morgan fingerprint density at radius 1 is 1.37 bits per heavy atom. The molecule has 0 saturated carbocycles. The minimum atomic E-state index is -0.161. The molecule has 3 nitrogen and oxygen atoms in total. The SMILES string of the molecule is CNCc1cc(F)ccc1N(C)C1CCN(C)CC1. The Morgan fingerprint density at radius 3 is 2.68 bits per heavy atom. The van der Waals surface area contributed by atoms with Gasteiger partial charge in [-0.15, -0.1) is 0 Å². The number of likely N-dealkylation sites (tertiary alicyclic amines) is 1. The molecular weight excluding hydrogens is 241 g/mol. The van der Waals surface area contributed by atoms with Gasteiger partial charge in [-0.25, -0.2) is 4.39 Å². The topological polar surface area (TPSA) is 18.5 Å². The molecule has 1 aliphatic rings. The fraction of sp³-hybridized carbons (Fsp3) is 0.600. The number of benzene rings is 1. The Hall–Kier alpha value is -1.13. The first-order valence-corrected chi connectivity index (χ1v) is 6.96. The second-order valence-electron chi connectivity index (χ2n) is 5.45. The fourth-order valence-corrected chi connectivity index (χ4v) is 2.81. The zero-order valence-corrected chi connectivity index (χ0v) is 12.1. The van der Waals surface area contributed by atoms with Crippen LogP contribution in [0.1, 0.15) is 18.4 Å². The number of nitrogens with one attached hydrogen (secondary N) is 1. The maximum atomic E-state index is 13.4. The van der Waals surface area contributed by atoms with E-state index in [0.29, 0.717) is 12.6 Å². The first-order valence-electron chi connectivity index (χ1n) is 6.96. The molecule has 0 atom stereocenters. The maximum absolute atomic E-state index is 13.4. The quantitative estimate of drug-likeness (QED) is 0.899. The lowest BCUT2D eigenvalue weighted by Gasteiger charge is -2.37. The van der Waals surface area contributed by atoms with Gasteiger partial charge in [-0.1, -0.05) is 0 Å². The minimum absolute atomic E-state index is 0.161. The number of anilines is 1. The largest absolute Gasteiger partial charge is 0.371 e. The van der Waals surface area contributed by atoms with Crippen molar-refractivity contribution in [2.45, 2.75) is 25.4 Å². The summed E-state index contributed by atoms with van der Waals surface area (Å²) in [6.45, 7) is 2.97. The summed E-state index contributed by atoms with van der Waals surface area (Å²) in [6, 6.07) is 5.65. The van der Waals surface area contributed by atoms with E-state index in [1.54, 1.807) is 12.1 Å². The smallest absolute Gasteiger partial charge is 0.123 e. The van der Waals surface area contributed by atoms with Crippen molar-refractivity contribution in [1.82, 2.24) is 10.2 Å². The minimum Gasteiger partial charge on any atom is -0.371 e. The highest BCUT2D eigenvalue weighted by Crippen LogP contribution is 2.26. The van der Waals surface area contributed by atoms with Crippen molar-refractivity contribution in [2.75, 3.05) is 39.1 Å². The molecule has 1 aliphatic heterocycles. The molecular formula is C15H24FN3. The summed E-state index contributed by atoms with van der Waals surface area (Å²) in [4.78, 5) is 4.68. The maximum Gasteiger partial charge on any atom is 0.123 e. The standard InChI is InChI=1S/C15H24FN3/c1-17-11-12-10-13(16)4-5-15(12)19(3)14-6-8-18(2)9-7-14/h4-5,10,14,17H,6-9,11H2,1-3H3. The lowest BCUT2D eigenvalue weighted by atomic mass is 10.0. The molecule has 1 N–H and O–H groups in total. The predicted molar refractivity (Wildman–Crippen MR) is 78.1 cm³/mol. The van der Waals surface area contributed by atoms with Crippen molar-refractivity contribution in [1.29, 1.82) is 0 Å². The van der Waals surface area contributed by atoms with Gasteiger partial charge in [0.05, 0.1) is 0 Å². The summed E-state index contributed by atoms with van der Waals surface area (Å²) in [7, 11) is 6.19. The van der Waals surface area contributed by atoms with Crippen molar-refractivity contribution < 1.29 is 4.39 Å². The van der Waals surface area contributed by atoms with Crippen molar-refractivity contribution in [3.63, 3.8) is 0 Å². The number of halogens is 1. The molecule has 0 spiro atoms. The van der Waals surface area contributed by atoms with E-state index in [0.717, 1.165) is 24.3 Å². The summed E-state index contributed by atoms with van der Waals surface area (Å²) in [5, 5.41) is 3.11. The second-order valence-corrected chi connectivity index (χ2v) is 5.45. The van der Waals surface area contributed by atoms with Crippen LogP contribution in [0.2, 0.25) is 0 Å². The molecule has 19 heavy (non-hydrogen) atoms. The molecule has 0 amide bonds. The van der Waals surface area contributed by atoms with Crippen LogP contribution in [0.15, 0.2) is 18.2 Å². The van der Waals surface area contributed by atoms with Gasteiger partial charge >= 0.3 is 0 Å². The molecule has 1 heterocycles. The van der Waals surface area contributed by atoms with E-state index in [4.69, 9.17) is 0 Å². The van der Waals surface area contributed by atoms with Crippen LogP contribution < -0.4 is 10.2 Å². The van der Waals surface area contributed by atoms with Crippen LogP contribution in [-0.4, -0.2) is 45.2 Å². The molecule has 0 radical (unpaired) electrons. The molecule has 1 aromatic rings. The third-order valence-electron chi connectivity index (χ3n) is 4.02. The predicted octanol–water partition coefficient (Wildman–Crippen LogP) is 2.08. The van der Waals surface area contributed by atoms with E-state index < -0.39 is 0 Å². The van der Waals surface area contributed by atoms with E-state index in [1.807, 2.05) is 13.1 Å². The molecule has 4 heteroatoms. The Labute approximate surface area is 115 Å². The molecule has 1 aromatic carbocycles. The van der Waals surface area contributed by atoms with Crippen molar-refractivity contribution >= 4 is 5.69 Å². The van der Waals surface area contributed by atoms with Gasteiger partial charge in [0.2, 0.25) is 0 Å². The molecule has 106 valence electrons. The molecule has 0 aromatic heterocycles. The molecule has 0 bridgehead atoms. The van der Waals surface area contributed by atoms with Gasteiger partial charge in [-0.2, -0.15) is 0 Å². The lowest BCUT2D eigenvalue weighted by Crippen LogP contribution is -2.42. The molecule has 1 saturated heterocycles. The first-order chi connectivity index (χ1) is 9.11. The zero-order valence-electron chi connectivity index (χ0n) is 12.1.